The van der Waals surface area contributed by atoms with Crippen LogP contribution in [0.5, 0.6) is 0 Å². The molecule has 0 aliphatic carbocycles. The summed E-state index contributed by atoms with van der Waals surface area (Å²) >= 11 is 0. The Morgan fingerprint density at radius 3 is 2.24 bits per heavy atom. The summed E-state index contributed by atoms with van der Waals surface area (Å²) in [5.74, 6) is 0.233. The van der Waals surface area contributed by atoms with Crippen molar-refractivity contribution in [2.75, 3.05) is 25.4 Å². The molecular formula is C12H18ClNO2S. The van der Waals surface area contributed by atoms with Gasteiger partial charge in [-0.05, 0) is 38.1 Å². The molecule has 17 heavy (non-hydrogen) atoms. The lowest BCUT2D eigenvalue weighted by Gasteiger charge is -2.14. The van der Waals surface area contributed by atoms with Gasteiger partial charge in [0.25, 0.3) is 0 Å². The fraction of sp³-hybridized carbons (Fsp3) is 0.500. The van der Waals surface area contributed by atoms with Crippen molar-refractivity contribution in [1.29, 1.82) is 0 Å². The number of nitrogens with zero attached hydrogens (tertiary/aromatic N) is 1. The third-order valence-electron chi connectivity index (χ3n) is 2.98. The highest BCUT2D eigenvalue weighted by Crippen LogP contribution is 2.12. The van der Waals surface area contributed by atoms with Gasteiger partial charge in [-0.15, -0.1) is 12.4 Å². The maximum absolute atomic E-state index is 12.0. The Morgan fingerprint density at radius 2 is 1.65 bits per heavy atom. The molecule has 5 heteroatoms. The standard InChI is InChI=1S/C12H17NO2S.ClH/c14-16(15,12-6-2-1-3-7-12)11-10-13-8-4-5-9-13;/h1-3,6-7H,4-5,8-11H2;1H. The van der Waals surface area contributed by atoms with Crippen LogP contribution in [0.25, 0.3) is 0 Å². The summed E-state index contributed by atoms with van der Waals surface area (Å²) in [7, 11) is -3.09. The van der Waals surface area contributed by atoms with E-state index in [2.05, 4.69) is 4.90 Å². The van der Waals surface area contributed by atoms with E-state index >= 15 is 0 Å². The smallest absolute Gasteiger partial charge is 0.179 e. The Balaban J connectivity index is 0.00000144. The van der Waals surface area contributed by atoms with E-state index in [1.807, 2.05) is 6.07 Å². The highest BCUT2D eigenvalue weighted by molar-refractivity contribution is 7.91. The van der Waals surface area contributed by atoms with Gasteiger partial charge in [-0.3, -0.25) is 0 Å². The summed E-state index contributed by atoms with van der Waals surface area (Å²) in [6, 6.07) is 8.70. The highest BCUT2D eigenvalue weighted by atomic mass is 35.5. The lowest BCUT2D eigenvalue weighted by Crippen LogP contribution is -2.26. The molecule has 1 aliphatic rings. The zero-order valence-corrected chi connectivity index (χ0v) is 11.3. The molecular weight excluding hydrogens is 258 g/mol. The molecule has 2 rings (SSSR count). The van der Waals surface area contributed by atoms with Crippen LogP contribution in [0, 0.1) is 0 Å². The molecule has 0 radical (unpaired) electrons. The van der Waals surface area contributed by atoms with Crippen molar-refractivity contribution in [2.45, 2.75) is 17.7 Å². The number of halogens is 1. The Bertz CT molecular complexity index is 427. The zero-order chi connectivity index (χ0) is 11.4. The van der Waals surface area contributed by atoms with E-state index in [-0.39, 0.29) is 18.2 Å². The minimum atomic E-state index is -3.09. The molecule has 1 aliphatic heterocycles. The predicted octanol–water partition coefficient (Wildman–Crippen LogP) is 1.98. The average Bonchev–Trinajstić information content (AvgIpc) is 2.81. The Kier molecular flexibility index (Phi) is 5.43. The van der Waals surface area contributed by atoms with E-state index in [1.165, 1.54) is 12.8 Å². The largest absolute Gasteiger partial charge is 0.302 e. The molecule has 3 nitrogen and oxygen atoms in total. The number of hydrogen-bond acceptors (Lipinski definition) is 3. The van der Waals surface area contributed by atoms with Crippen molar-refractivity contribution < 1.29 is 8.42 Å². The molecule has 1 aromatic carbocycles. The first kappa shape index (κ1) is 14.5. The van der Waals surface area contributed by atoms with Gasteiger partial charge in [-0.2, -0.15) is 0 Å². The van der Waals surface area contributed by atoms with Gasteiger partial charge in [-0.25, -0.2) is 8.42 Å². The molecule has 0 amide bonds. The van der Waals surface area contributed by atoms with Crippen LogP contribution in [0.3, 0.4) is 0 Å². The molecule has 1 heterocycles. The first-order chi connectivity index (χ1) is 7.68. The van der Waals surface area contributed by atoms with E-state index in [0.29, 0.717) is 11.4 Å². The summed E-state index contributed by atoms with van der Waals surface area (Å²) in [4.78, 5) is 2.66. The maximum Gasteiger partial charge on any atom is 0.179 e. The van der Waals surface area contributed by atoms with E-state index in [4.69, 9.17) is 0 Å². The van der Waals surface area contributed by atoms with Gasteiger partial charge in [0.1, 0.15) is 0 Å². The summed E-state index contributed by atoms with van der Waals surface area (Å²) < 4.78 is 23.9. The normalized spacial score (nSPS) is 16.7. The third kappa shape index (κ3) is 3.98. The second kappa shape index (κ2) is 6.38. The lowest BCUT2D eigenvalue weighted by molar-refractivity contribution is 0.359. The van der Waals surface area contributed by atoms with Crippen LogP contribution < -0.4 is 0 Å². The summed E-state index contributed by atoms with van der Waals surface area (Å²) in [5.41, 5.74) is 0. The minimum Gasteiger partial charge on any atom is -0.302 e. The zero-order valence-electron chi connectivity index (χ0n) is 9.71. The van der Waals surface area contributed by atoms with Gasteiger partial charge in [0.15, 0.2) is 9.84 Å². The van der Waals surface area contributed by atoms with E-state index in [9.17, 15) is 8.42 Å². The molecule has 0 unspecified atom stereocenters. The highest BCUT2D eigenvalue weighted by Gasteiger charge is 2.17. The minimum absolute atomic E-state index is 0. The quantitative estimate of drug-likeness (QED) is 0.843. The van der Waals surface area contributed by atoms with Crippen LogP contribution in [0.4, 0.5) is 0 Å². The van der Waals surface area contributed by atoms with Gasteiger partial charge >= 0.3 is 0 Å². The number of likely N-dealkylation sites (tertiary alicyclic amines) is 1. The average molecular weight is 276 g/mol. The molecule has 96 valence electrons. The molecule has 1 saturated heterocycles. The predicted molar refractivity (Wildman–Crippen MR) is 71.4 cm³/mol. The van der Waals surface area contributed by atoms with Crippen molar-refractivity contribution in [1.82, 2.24) is 4.90 Å². The Labute approximate surface area is 109 Å². The van der Waals surface area contributed by atoms with E-state index < -0.39 is 9.84 Å². The second-order valence-corrected chi connectivity index (χ2v) is 6.29. The Morgan fingerprint density at radius 1 is 1.06 bits per heavy atom. The number of rotatable bonds is 4. The molecule has 0 aromatic heterocycles. The van der Waals surface area contributed by atoms with Gasteiger partial charge in [0.2, 0.25) is 0 Å². The molecule has 0 N–H and O–H groups in total. The number of sulfone groups is 1. The fourth-order valence-corrected chi connectivity index (χ4v) is 3.31. The van der Waals surface area contributed by atoms with Crippen LogP contribution in [0.2, 0.25) is 0 Å². The SMILES string of the molecule is Cl.O=S(=O)(CCN1CCCC1)c1ccccc1. The van der Waals surface area contributed by atoms with Gasteiger partial charge < -0.3 is 4.90 Å². The van der Waals surface area contributed by atoms with Crippen LogP contribution >= 0.6 is 12.4 Å². The summed E-state index contributed by atoms with van der Waals surface area (Å²) in [5, 5.41) is 0. The van der Waals surface area contributed by atoms with Crippen molar-refractivity contribution in [3.8, 4) is 0 Å². The number of benzene rings is 1. The third-order valence-corrected chi connectivity index (χ3v) is 4.69. The van der Waals surface area contributed by atoms with Gasteiger partial charge in [0.05, 0.1) is 10.6 Å². The molecule has 0 spiro atoms. The monoisotopic (exact) mass is 275 g/mol. The lowest BCUT2D eigenvalue weighted by atomic mass is 10.4. The molecule has 0 saturated carbocycles. The van der Waals surface area contributed by atoms with Crippen LogP contribution in [-0.2, 0) is 9.84 Å². The van der Waals surface area contributed by atoms with Crippen molar-refractivity contribution in [3.05, 3.63) is 30.3 Å². The first-order valence-electron chi connectivity index (χ1n) is 5.69. The fourth-order valence-electron chi connectivity index (χ4n) is 2.00. The van der Waals surface area contributed by atoms with Gasteiger partial charge in [-0.1, -0.05) is 18.2 Å². The summed E-state index contributed by atoms with van der Waals surface area (Å²) in [6.07, 6.45) is 2.40. The maximum atomic E-state index is 12.0. The van der Waals surface area contributed by atoms with E-state index in [1.54, 1.807) is 24.3 Å². The van der Waals surface area contributed by atoms with Crippen molar-refractivity contribution in [2.24, 2.45) is 0 Å². The Hall–Kier alpha value is -0.580. The van der Waals surface area contributed by atoms with Crippen LogP contribution in [0.15, 0.2) is 35.2 Å². The molecule has 1 fully saturated rings. The molecule has 0 bridgehead atoms. The number of hydrogen-bond donors (Lipinski definition) is 0. The topological polar surface area (TPSA) is 37.4 Å². The van der Waals surface area contributed by atoms with Crippen LogP contribution in [-0.4, -0.2) is 38.7 Å². The molecule has 1 aromatic rings. The van der Waals surface area contributed by atoms with Crippen LogP contribution in [0.1, 0.15) is 12.8 Å². The molecule has 0 atom stereocenters. The first-order valence-corrected chi connectivity index (χ1v) is 7.34. The second-order valence-electron chi connectivity index (χ2n) is 4.18. The van der Waals surface area contributed by atoms with E-state index in [0.717, 1.165) is 13.1 Å². The van der Waals surface area contributed by atoms with Crippen molar-refractivity contribution >= 4 is 22.2 Å². The van der Waals surface area contributed by atoms with Crippen molar-refractivity contribution in [3.63, 3.8) is 0 Å². The summed E-state index contributed by atoms with van der Waals surface area (Å²) in [6.45, 7) is 2.76. The van der Waals surface area contributed by atoms with Gasteiger partial charge in [0, 0.05) is 6.54 Å².